The molecular formula is C21H29F3N2O2. The molecule has 1 aromatic carbocycles. The fourth-order valence-corrected chi connectivity index (χ4v) is 3.97. The van der Waals surface area contributed by atoms with Crippen LogP contribution in [0.3, 0.4) is 0 Å². The van der Waals surface area contributed by atoms with E-state index in [1.807, 2.05) is 0 Å². The number of halogens is 3. The Kier molecular flexibility index (Phi) is 7.21. The topological polar surface area (TPSA) is 41.6 Å². The first-order valence-electron chi connectivity index (χ1n) is 10.3. The minimum absolute atomic E-state index is 0.0199. The minimum atomic E-state index is -3.12. The van der Waals surface area contributed by atoms with Gasteiger partial charge in [0, 0.05) is 19.0 Å². The van der Waals surface area contributed by atoms with Gasteiger partial charge in [-0.1, -0.05) is 12.5 Å². The van der Waals surface area contributed by atoms with Crippen LogP contribution in [0.25, 0.3) is 0 Å². The van der Waals surface area contributed by atoms with Crippen molar-refractivity contribution in [3.63, 3.8) is 0 Å². The van der Waals surface area contributed by atoms with Crippen molar-refractivity contribution in [2.45, 2.75) is 57.4 Å². The van der Waals surface area contributed by atoms with Gasteiger partial charge in [0.15, 0.2) is 0 Å². The van der Waals surface area contributed by atoms with Crippen molar-refractivity contribution in [1.29, 1.82) is 0 Å². The van der Waals surface area contributed by atoms with Crippen LogP contribution in [0.5, 0.6) is 5.75 Å². The third kappa shape index (κ3) is 5.63. The van der Waals surface area contributed by atoms with E-state index in [0.717, 1.165) is 31.8 Å². The maximum absolute atomic E-state index is 14.3. The molecule has 0 bridgehead atoms. The van der Waals surface area contributed by atoms with Gasteiger partial charge in [-0.2, -0.15) is 8.78 Å². The van der Waals surface area contributed by atoms with Gasteiger partial charge in [-0.05, 0) is 62.7 Å². The van der Waals surface area contributed by atoms with E-state index in [1.165, 1.54) is 31.4 Å². The smallest absolute Gasteiger partial charge is 0.327 e. The van der Waals surface area contributed by atoms with E-state index in [0.29, 0.717) is 17.3 Å². The van der Waals surface area contributed by atoms with E-state index in [9.17, 15) is 18.0 Å². The molecule has 0 radical (unpaired) electrons. The molecule has 156 valence electrons. The summed E-state index contributed by atoms with van der Waals surface area (Å²) in [5, 5.41) is 3.36. The van der Waals surface area contributed by atoms with Crippen LogP contribution >= 0.6 is 0 Å². The maximum atomic E-state index is 14.3. The number of hydrogen-bond donors (Lipinski definition) is 1. The third-order valence-electron chi connectivity index (χ3n) is 5.66. The van der Waals surface area contributed by atoms with Crippen molar-refractivity contribution in [3.05, 3.63) is 29.6 Å². The number of unbranched alkanes of at least 4 members (excludes halogenated alkanes) is 1. The molecule has 1 amide bonds. The highest BCUT2D eigenvalue weighted by atomic mass is 19.3. The van der Waals surface area contributed by atoms with Crippen molar-refractivity contribution in [2.75, 3.05) is 26.2 Å². The molecule has 1 N–H and O–H groups in total. The lowest BCUT2D eigenvalue weighted by Crippen LogP contribution is -2.41. The molecule has 2 fully saturated rings. The number of benzene rings is 1. The zero-order valence-corrected chi connectivity index (χ0v) is 16.2. The lowest BCUT2D eigenvalue weighted by Gasteiger charge is -2.24. The SMILES string of the molecule is O=C(Cc1ccc(OCCCCC2CCNCC2)cc1F)N1CCCC1(F)F. The first-order valence-corrected chi connectivity index (χ1v) is 10.3. The molecule has 3 rings (SSSR count). The number of carbonyl (C=O) groups excluding carboxylic acids is 1. The molecule has 2 saturated heterocycles. The Bertz CT molecular complexity index is 663. The lowest BCUT2D eigenvalue weighted by molar-refractivity contribution is -0.161. The Labute approximate surface area is 164 Å². The molecule has 0 aromatic heterocycles. The Morgan fingerprint density at radius 3 is 2.71 bits per heavy atom. The van der Waals surface area contributed by atoms with Gasteiger partial charge < -0.3 is 10.1 Å². The average Bonchev–Trinajstić information content (AvgIpc) is 3.03. The second-order valence-corrected chi connectivity index (χ2v) is 7.78. The first kappa shape index (κ1) is 21.0. The number of alkyl halides is 2. The summed E-state index contributed by atoms with van der Waals surface area (Å²) in [6.45, 7) is 2.74. The normalized spacial score (nSPS) is 19.8. The number of ether oxygens (including phenoxy) is 1. The number of nitrogens with zero attached hydrogens (tertiary/aromatic N) is 1. The van der Waals surface area contributed by atoms with Crippen LogP contribution in [0.2, 0.25) is 0 Å². The fraction of sp³-hybridized carbons (Fsp3) is 0.667. The lowest BCUT2D eigenvalue weighted by atomic mass is 9.93. The number of piperidine rings is 1. The summed E-state index contributed by atoms with van der Waals surface area (Å²) in [6.07, 6.45) is 5.24. The highest BCUT2D eigenvalue weighted by Gasteiger charge is 2.44. The Hall–Kier alpha value is -1.76. The van der Waals surface area contributed by atoms with Crippen LogP contribution < -0.4 is 10.1 Å². The van der Waals surface area contributed by atoms with E-state index in [-0.39, 0.29) is 31.4 Å². The zero-order chi connectivity index (χ0) is 20.0. The molecular weight excluding hydrogens is 369 g/mol. The molecule has 0 unspecified atom stereocenters. The molecule has 2 heterocycles. The summed E-state index contributed by atoms with van der Waals surface area (Å²) in [4.78, 5) is 12.6. The van der Waals surface area contributed by atoms with Gasteiger partial charge in [0.25, 0.3) is 0 Å². The van der Waals surface area contributed by atoms with Crippen molar-refractivity contribution in [2.24, 2.45) is 5.92 Å². The Morgan fingerprint density at radius 2 is 2.04 bits per heavy atom. The number of amides is 1. The number of nitrogens with one attached hydrogen (secondary N) is 1. The van der Waals surface area contributed by atoms with Crippen LogP contribution in [0, 0.1) is 11.7 Å². The molecule has 1 aromatic rings. The third-order valence-corrected chi connectivity index (χ3v) is 5.66. The number of hydrogen-bond acceptors (Lipinski definition) is 3. The molecule has 2 aliphatic rings. The molecule has 0 spiro atoms. The van der Waals surface area contributed by atoms with Crippen molar-refractivity contribution in [1.82, 2.24) is 10.2 Å². The van der Waals surface area contributed by atoms with Crippen molar-refractivity contribution >= 4 is 5.91 Å². The molecule has 28 heavy (non-hydrogen) atoms. The second kappa shape index (κ2) is 9.63. The van der Waals surface area contributed by atoms with E-state index in [2.05, 4.69) is 5.32 Å². The zero-order valence-electron chi connectivity index (χ0n) is 16.2. The Morgan fingerprint density at radius 1 is 1.25 bits per heavy atom. The molecule has 4 nitrogen and oxygen atoms in total. The summed E-state index contributed by atoms with van der Waals surface area (Å²) in [6, 6.07) is 1.16. The summed E-state index contributed by atoms with van der Waals surface area (Å²) >= 11 is 0. The highest BCUT2D eigenvalue weighted by molar-refractivity contribution is 5.79. The summed E-state index contributed by atoms with van der Waals surface area (Å²) in [5.41, 5.74) is 0.117. The van der Waals surface area contributed by atoms with Gasteiger partial charge >= 0.3 is 6.05 Å². The van der Waals surface area contributed by atoms with Gasteiger partial charge in [-0.25, -0.2) is 4.39 Å². The standard InChI is InChI=1S/C21H29F3N2O2/c22-19-15-18(28-13-2-1-4-16-7-10-25-11-8-16)6-5-17(19)14-20(27)26-12-3-9-21(26,23)24/h5-6,15-16,25H,1-4,7-14H2. The molecule has 0 saturated carbocycles. The van der Waals surface area contributed by atoms with Crippen LogP contribution in [-0.2, 0) is 11.2 Å². The number of likely N-dealkylation sites (tertiary alicyclic amines) is 1. The van der Waals surface area contributed by atoms with Gasteiger partial charge in [0.05, 0.1) is 13.0 Å². The molecule has 2 aliphatic heterocycles. The largest absolute Gasteiger partial charge is 0.493 e. The summed E-state index contributed by atoms with van der Waals surface area (Å²) in [5.74, 6) is -0.142. The maximum Gasteiger partial charge on any atom is 0.327 e. The van der Waals surface area contributed by atoms with Crippen LogP contribution in [0.4, 0.5) is 13.2 Å². The average molecular weight is 398 g/mol. The first-order chi connectivity index (χ1) is 13.5. The van der Waals surface area contributed by atoms with Crippen LogP contribution in [0.15, 0.2) is 18.2 Å². The summed E-state index contributed by atoms with van der Waals surface area (Å²) < 4.78 is 47.1. The van der Waals surface area contributed by atoms with E-state index < -0.39 is 17.8 Å². The van der Waals surface area contributed by atoms with Gasteiger partial charge in [-0.15, -0.1) is 0 Å². The quantitative estimate of drug-likeness (QED) is 0.529. The van der Waals surface area contributed by atoms with E-state index in [1.54, 1.807) is 6.07 Å². The predicted octanol–water partition coefficient (Wildman–Crippen LogP) is 4.13. The Balaban J connectivity index is 1.41. The molecule has 7 heteroatoms. The minimum Gasteiger partial charge on any atom is -0.493 e. The van der Waals surface area contributed by atoms with E-state index >= 15 is 0 Å². The summed E-state index contributed by atoms with van der Waals surface area (Å²) in [7, 11) is 0. The predicted molar refractivity (Wildman–Crippen MR) is 101 cm³/mol. The van der Waals surface area contributed by atoms with Gasteiger partial charge in [-0.3, -0.25) is 9.69 Å². The van der Waals surface area contributed by atoms with E-state index in [4.69, 9.17) is 4.74 Å². The van der Waals surface area contributed by atoms with Gasteiger partial charge in [0.2, 0.25) is 5.91 Å². The monoisotopic (exact) mass is 398 g/mol. The fourth-order valence-electron chi connectivity index (χ4n) is 3.97. The molecule has 0 atom stereocenters. The number of rotatable bonds is 8. The molecule has 0 aliphatic carbocycles. The van der Waals surface area contributed by atoms with Crippen molar-refractivity contribution in [3.8, 4) is 5.75 Å². The second-order valence-electron chi connectivity index (χ2n) is 7.78. The highest BCUT2D eigenvalue weighted by Crippen LogP contribution is 2.32. The van der Waals surface area contributed by atoms with Crippen LogP contribution in [0.1, 0.15) is 50.5 Å². The van der Waals surface area contributed by atoms with Crippen LogP contribution in [-0.4, -0.2) is 43.1 Å². The van der Waals surface area contributed by atoms with Gasteiger partial charge in [0.1, 0.15) is 11.6 Å². The number of carbonyl (C=O) groups is 1. The van der Waals surface area contributed by atoms with Crippen molar-refractivity contribution < 1.29 is 22.7 Å².